The Balaban J connectivity index is 1.68. The van der Waals surface area contributed by atoms with Crippen LogP contribution in [-0.4, -0.2) is 31.1 Å². The van der Waals surface area contributed by atoms with Gasteiger partial charge in [0.2, 0.25) is 0 Å². The molecule has 1 aliphatic heterocycles. The summed E-state index contributed by atoms with van der Waals surface area (Å²) in [5.74, 6) is 0.0129. The summed E-state index contributed by atoms with van der Waals surface area (Å²) in [6.07, 6.45) is 0.625. The lowest BCUT2D eigenvalue weighted by atomic mass is 10.2. The number of carbonyl (C=O) groups excluding carboxylic acids is 1. The Bertz CT molecular complexity index is 816. The lowest BCUT2D eigenvalue weighted by molar-refractivity contribution is 0.0468. The molecule has 6 heteroatoms. The smallest absolute Gasteiger partial charge is 0.339 e. The summed E-state index contributed by atoms with van der Waals surface area (Å²) in [7, 11) is -2.93. The maximum Gasteiger partial charge on any atom is 0.339 e. The van der Waals surface area contributed by atoms with E-state index in [9.17, 15) is 13.2 Å². The van der Waals surface area contributed by atoms with E-state index in [2.05, 4.69) is 0 Å². The second-order valence-electron chi connectivity index (χ2n) is 5.70. The van der Waals surface area contributed by atoms with Crippen molar-refractivity contribution in [2.24, 2.45) is 0 Å². The maximum absolute atomic E-state index is 12.4. The van der Waals surface area contributed by atoms with Crippen LogP contribution < -0.4 is 0 Å². The Morgan fingerprint density at radius 2 is 1.79 bits per heavy atom. The Labute approximate surface area is 146 Å². The highest BCUT2D eigenvalue weighted by atomic mass is 32.2. The van der Waals surface area contributed by atoms with Gasteiger partial charge in [-0.25, -0.2) is 13.2 Å². The molecule has 24 heavy (non-hydrogen) atoms. The highest BCUT2D eigenvalue weighted by Crippen LogP contribution is 2.33. The zero-order valence-electron chi connectivity index (χ0n) is 13.1. The van der Waals surface area contributed by atoms with Crippen LogP contribution in [0.2, 0.25) is 0 Å². The number of rotatable bonds is 5. The van der Waals surface area contributed by atoms with E-state index in [4.69, 9.17) is 4.74 Å². The number of thioether (sulfide) groups is 1. The van der Waals surface area contributed by atoms with Crippen molar-refractivity contribution in [3.05, 3.63) is 65.7 Å². The van der Waals surface area contributed by atoms with E-state index in [1.165, 1.54) is 11.8 Å². The molecule has 0 amide bonds. The van der Waals surface area contributed by atoms with Crippen molar-refractivity contribution >= 4 is 27.6 Å². The molecule has 0 aromatic heterocycles. The molecule has 126 valence electrons. The number of ether oxygens (including phenoxy) is 1. The number of hydrogen-bond acceptors (Lipinski definition) is 5. The van der Waals surface area contributed by atoms with Crippen LogP contribution in [0, 0.1) is 0 Å². The van der Waals surface area contributed by atoms with E-state index in [-0.39, 0.29) is 29.3 Å². The molecule has 0 spiro atoms. The van der Waals surface area contributed by atoms with Crippen LogP contribution in [0.4, 0.5) is 0 Å². The van der Waals surface area contributed by atoms with Crippen molar-refractivity contribution in [2.45, 2.75) is 23.2 Å². The molecule has 1 heterocycles. The van der Waals surface area contributed by atoms with E-state index < -0.39 is 9.84 Å². The summed E-state index contributed by atoms with van der Waals surface area (Å²) in [5.41, 5.74) is 1.42. The summed E-state index contributed by atoms with van der Waals surface area (Å²) in [4.78, 5) is 13.2. The van der Waals surface area contributed by atoms with Gasteiger partial charge < -0.3 is 4.74 Å². The first-order valence-electron chi connectivity index (χ1n) is 7.71. The van der Waals surface area contributed by atoms with Gasteiger partial charge in [0.1, 0.15) is 6.61 Å². The Morgan fingerprint density at radius 3 is 2.50 bits per heavy atom. The molecule has 0 saturated carbocycles. The molecule has 2 aromatic carbocycles. The first-order chi connectivity index (χ1) is 11.5. The largest absolute Gasteiger partial charge is 0.457 e. The minimum atomic E-state index is -2.93. The van der Waals surface area contributed by atoms with Gasteiger partial charge in [0.15, 0.2) is 9.84 Å². The fraction of sp³-hybridized carbons (Fsp3) is 0.278. The average Bonchev–Trinajstić information content (AvgIpc) is 2.93. The molecule has 4 nitrogen and oxygen atoms in total. The number of sulfone groups is 1. The lowest BCUT2D eigenvalue weighted by Crippen LogP contribution is -2.09. The molecular weight excluding hydrogens is 344 g/mol. The maximum atomic E-state index is 12.4. The van der Waals surface area contributed by atoms with Crippen LogP contribution in [0.1, 0.15) is 22.3 Å². The normalized spacial score (nSPS) is 19.1. The fourth-order valence-electron chi connectivity index (χ4n) is 2.57. The highest BCUT2D eigenvalue weighted by Gasteiger charge is 2.29. The minimum Gasteiger partial charge on any atom is -0.457 e. The molecule has 0 aliphatic carbocycles. The van der Waals surface area contributed by atoms with Crippen LogP contribution in [0.5, 0.6) is 0 Å². The third kappa shape index (κ3) is 4.39. The van der Waals surface area contributed by atoms with Crippen LogP contribution in [-0.2, 0) is 21.2 Å². The molecule has 1 aliphatic rings. The minimum absolute atomic E-state index is 0.00178. The zero-order chi connectivity index (χ0) is 17.0. The monoisotopic (exact) mass is 362 g/mol. The molecule has 0 bridgehead atoms. The molecular formula is C18H18O4S2. The second kappa shape index (κ2) is 7.40. The average molecular weight is 362 g/mol. The van der Waals surface area contributed by atoms with E-state index in [0.29, 0.717) is 12.0 Å². The number of benzene rings is 2. The predicted molar refractivity (Wildman–Crippen MR) is 94.9 cm³/mol. The summed E-state index contributed by atoms with van der Waals surface area (Å²) >= 11 is 1.45. The first-order valence-corrected chi connectivity index (χ1v) is 10.4. The fourth-order valence-corrected chi connectivity index (χ4v) is 6.19. The Kier molecular flexibility index (Phi) is 5.26. The van der Waals surface area contributed by atoms with Gasteiger partial charge in [-0.2, -0.15) is 0 Å². The topological polar surface area (TPSA) is 60.4 Å². The van der Waals surface area contributed by atoms with Crippen LogP contribution in [0.25, 0.3) is 0 Å². The molecule has 1 atom stereocenters. The molecule has 0 radical (unpaired) electrons. The van der Waals surface area contributed by atoms with E-state index in [1.54, 1.807) is 12.1 Å². The van der Waals surface area contributed by atoms with Gasteiger partial charge in [-0.1, -0.05) is 42.5 Å². The van der Waals surface area contributed by atoms with Crippen LogP contribution in [0.3, 0.4) is 0 Å². The Hall–Kier alpha value is -1.79. The lowest BCUT2D eigenvalue weighted by Gasteiger charge is -2.12. The number of esters is 1. The first kappa shape index (κ1) is 17.0. The van der Waals surface area contributed by atoms with Crippen LogP contribution in [0.15, 0.2) is 59.5 Å². The van der Waals surface area contributed by atoms with Gasteiger partial charge in [-0.3, -0.25) is 0 Å². The van der Waals surface area contributed by atoms with Gasteiger partial charge in [-0.15, -0.1) is 11.8 Å². The number of carbonyl (C=O) groups is 1. The van der Waals surface area contributed by atoms with Crippen molar-refractivity contribution in [3.63, 3.8) is 0 Å². The summed E-state index contributed by atoms with van der Waals surface area (Å²) in [6, 6.07) is 16.7. The van der Waals surface area contributed by atoms with Crippen LogP contribution >= 0.6 is 11.8 Å². The van der Waals surface area contributed by atoms with Crippen molar-refractivity contribution in [1.82, 2.24) is 0 Å². The summed E-state index contributed by atoms with van der Waals surface area (Å²) in [6.45, 7) is 0.219. The molecule has 1 fully saturated rings. The number of hydrogen-bond donors (Lipinski definition) is 0. The van der Waals surface area contributed by atoms with E-state index in [1.807, 2.05) is 42.5 Å². The Morgan fingerprint density at radius 1 is 1.08 bits per heavy atom. The molecule has 0 unspecified atom stereocenters. The predicted octanol–water partition coefficient (Wildman–Crippen LogP) is 3.32. The van der Waals surface area contributed by atoms with Gasteiger partial charge in [0, 0.05) is 10.1 Å². The molecule has 3 rings (SSSR count). The highest BCUT2D eigenvalue weighted by molar-refractivity contribution is 8.02. The SMILES string of the molecule is O=C(OCc1ccccc1)c1ccccc1S[C@@H]1CCS(=O)(=O)C1. The van der Waals surface area contributed by atoms with Gasteiger partial charge >= 0.3 is 5.97 Å². The van der Waals surface area contributed by atoms with E-state index in [0.717, 1.165) is 10.5 Å². The standard InChI is InChI=1S/C18H18O4S2/c19-18(22-12-14-6-2-1-3-7-14)16-8-4-5-9-17(16)23-15-10-11-24(20,21)13-15/h1-9,15H,10-13H2/t15-/m1/s1. The quantitative estimate of drug-likeness (QED) is 0.764. The summed E-state index contributed by atoms with van der Waals surface area (Å²) in [5, 5.41) is -0.00178. The van der Waals surface area contributed by atoms with Crippen molar-refractivity contribution in [3.8, 4) is 0 Å². The zero-order valence-corrected chi connectivity index (χ0v) is 14.7. The van der Waals surface area contributed by atoms with Crippen molar-refractivity contribution in [2.75, 3.05) is 11.5 Å². The second-order valence-corrected chi connectivity index (χ2v) is 9.27. The van der Waals surface area contributed by atoms with E-state index >= 15 is 0 Å². The van der Waals surface area contributed by atoms with Gasteiger partial charge in [-0.05, 0) is 24.1 Å². The van der Waals surface area contributed by atoms with Crippen molar-refractivity contribution in [1.29, 1.82) is 0 Å². The summed E-state index contributed by atoms with van der Waals surface area (Å²) < 4.78 is 28.6. The molecule has 0 N–H and O–H groups in total. The van der Waals surface area contributed by atoms with Crippen molar-refractivity contribution < 1.29 is 17.9 Å². The van der Waals surface area contributed by atoms with Gasteiger partial charge in [0.05, 0.1) is 17.1 Å². The molecule has 2 aromatic rings. The van der Waals surface area contributed by atoms with Gasteiger partial charge in [0.25, 0.3) is 0 Å². The molecule has 1 saturated heterocycles. The third-order valence-corrected chi connectivity index (χ3v) is 7.13. The third-order valence-electron chi connectivity index (χ3n) is 3.80.